The number of carbonyl (C=O) groups excluding carboxylic acids is 3. The molecule has 0 saturated heterocycles. The van der Waals surface area contributed by atoms with Gasteiger partial charge in [0.2, 0.25) is 6.79 Å². The molecule has 8 nitrogen and oxygen atoms in total. The summed E-state index contributed by atoms with van der Waals surface area (Å²) in [6, 6.07) is 12.5. The maximum atomic E-state index is 12.0. The van der Waals surface area contributed by atoms with Crippen molar-refractivity contribution in [3.63, 3.8) is 0 Å². The quantitative estimate of drug-likeness (QED) is 0.751. The molecular formula is C19H18N2O6. The van der Waals surface area contributed by atoms with Gasteiger partial charge in [0.15, 0.2) is 18.1 Å². The molecule has 1 heterocycles. The third kappa shape index (κ3) is 4.75. The first-order valence-corrected chi connectivity index (χ1v) is 8.25. The second kappa shape index (κ2) is 8.22. The number of esters is 1. The lowest BCUT2D eigenvalue weighted by atomic mass is 10.2. The Kier molecular flexibility index (Phi) is 5.55. The van der Waals surface area contributed by atoms with Crippen molar-refractivity contribution in [1.82, 2.24) is 5.32 Å². The van der Waals surface area contributed by atoms with Crippen LogP contribution in [-0.4, -0.2) is 37.2 Å². The molecule has 1 atom stereocenters. The molecule has 0 fully saturated rings. The van der Waals surface area contributed by atoms with Crippen molar-refractivity contribution in [2.24, 2.45) is 0 Å². The van der Waals surface area contributed by atoms with Crippen LogP contribution in [0.3, 0.4) is 0 Å². The molecule has 0 radical (unpaired) electrons. The van der Waals surface area contributed by atoms with E-state index >= 15 is 0 Å². The van der Waals surface area contributed by atoms with Crippen LogP contribution < -0.4 is 20.1 Å². The van der Waals surface area contributed by atoms with Gasteiger partial charge in [-0.15, -0.1) is 0 Å². The number of fused-ring (bicyclic) bond motifs is 1. The van der Waals surface area contributed by atoms with Crippen LogP contribution in [0.15, 0.2) is 48.5 Å². The summed E-state index contributed by atoms with van der Waals surface area (Å²) >= 11 is 0. The fourth-order valence-corrected chi connectivity index (χ4v) is 2.36. The van der Waals surface area contributed by atoms with Crippen LogP contribution in [-0.2, 0) is 14.3 Å². The van der Waals surface area contributed by atoms with Crippen molar-refractivity contribution in [2.75, 3.05) is 18.7 Å². The van der Waals surface area contributed by atoms with Gasteiger partial charge in [0, 0.05) is 17.3 Å². The fraction of sp³-hybridized carbons (Fsp3) is 0.211. The van der Waals surface area contributed by atoms with Crippen molar-refractivity contribution >= 4 is 23.5 Å². The highest BCUT2D eigenvalue weighted by atomic mass is 16.7. The highest BCUT2D eigenvalue weighted by molar-refractivity contribution is 5.97. The lowest BCUT2D eigenvalue weighted by Crippen LogP contribution is -2.40. The number of hydrogen-bond acceptors (Lipinski definition) is 6. The van der Waals surface area contributed by atoms with Crippen LogP contribution >= 0.6 is 0 Å². The topological polar surface area (TPSA) is 103 Å². The molecular weight excluding hydrogens is 352 g/mol. The largest absolute Gasteiger partial charge is 0.454 e. The molecule has 0 unspecified atom stereocenters. The third-order valence-corrected chi connectivity index (χ3v) is 3.74. The summed E-state index contributed by atoms with van der Waals surface area (Å²) in [5, 5.41) is 5.12. The first-order chi connectivity index (χ1) is 13.0. The minimum atomic E-state index is -0.893. The summed E-state index contributed by atoms with van der Waals surface area (Å²) in [4.78, 5) is 35.9. The van der Waals surface area contributed by atoms with Crippen LogP contribution in [0.1, 0.15) is 17.3 Å². The molecule has 2 amide bonds. The van der Waals surface area contributed by atoms with E-state index in [-0.39, 0.29) is 6.79 Å². The van der Waals surface area contributed by atoms with Crippen molar-refractivity contribution < 1.29 is 28.6 Å². The summed E-state index contributed by atoms with van der Waals surface area (Å²) in [6.07, 6.45) is 0. The summed E-state index contributed by atoms with van der Waals surface area (Å²) in [6.45, 7) is 1.15. The number of rotatable bonds is 6. The molecule has 8 heteroatoms. The molecule has 140 valence electrons. The predicted octanol–water partition coefficient (Wildman–Crippen LogP) is 1.72. The zero-order valence-corrected chi connectivity index (χ0v) is 14.6. The van der Waals surface area contributed by atoms with E-state index in [1.165, 1.54) is 6.92 Å². The zero-order valence-electron chi connectivity index (χ0n) is 14.6. The SMILES string of the molecule is C[C@H](NC(=O)c1ccccc1)C(=O)OCC(=O)Nc1ccc2c(c1)OCO2. The number of amides is 2. The smallest absolute Gasteiger partial charge is 0.328 e. The molecule has 2 aromatic rings. The second-order valence-corrected chi connectivity index (χ2v) is 5.79. The minimum Gasteiger partial charge on any atom is -0.454 e. The number of ether oxygens (including phenoxy) is 3. The van der Waals surface area contributed by atoms with E-state index in [9.17, 15) is 14.4 Å². The van der Waals surface area contributed by atoms with E-state index in [1.54, 1.807) is 48.5 Å². The predicted molar refractivity (Wildman–Crippen MR) is 95.5 cm³/mol. The Labute approximate surface area is 155 Å². The number of nitrogens with one attached hydrogen (secondary N) is 2. The van der Waals surface area contributed by atoms with Gasteiger partial charge >= 0.3 is 5.97 Å². The fourth-order valence-electron chi connectivity index (χ4n) is 2.36. The third-order valence-electron chi connectivity index (χ3n) is 3.74. The number of anilines is 1. The first kappa shape index (κ1) is 18.2. The van der Waals surface area contributed by atoms with Crippen LogP contribution in [0.5, 0.6) is 11.5 Å². The van der Waals surface area contributed by atoms with E-state index in [4.69, 9.17) is 14.2 Å². The molecule has 2 aromatic carbocycles. The van der Waals surface area contributed by atoms with Gasteiger partial charge in [-0.1, -0.05) is 18.2 Å². The van der Waals surface area contributed by atoms with Gasteiger partial charge in [-0.05, 0) is 31.2 Å². The maximum absolute atomic E-state index is 12.0. The van der Waals surface area contributed by atoms with Crippen LogP contribution in [0.2, 0.25) is 0 Å². The van der Waals surface area contributed by atoms with Crippen LogP contribution in [0.4, 0.5) is 5.69 Å². The van der Waals surface area contributed by atoms with Crippen LogP contribution in [0, 0.1) is 0 Å². The van der Waals surface area contributed by atoms with Crippen molar-refractivity contribution in [1.29, 1.82) is 0 Å². The molecule has 0 bridgehead atoms. The van der Waals surface area contributed by atoms with Gasteiger partial charge in [0.1, 0.15) is 6.04 Å². The molecule has 0 spiro atoms. The van der Waals surface area contributed by atoms with E-state index in [0.29, 0.717) is 22.7 Å². The highest BCUT2D eigenvalue weighted by Crippen LogP contribution is 2.34. The zero-order chi connectivity index (χ0) is 19.2. The Bertz CT molecular complexity index is 853. The maximum Gasteiger partial charge on any atom is 0.328 e. The average molecular weight is 370 g/mol. The minimum absolute atomic E-state index is 0.136. The number of hydrogen-bond donors (Lipinski definition) is 2. The molecule has 0 saturated carbocycles. The van der Waals surface area contributed by atoms with Gasteiger partial charge in [0.05, 0.1) is 0 Å². The monoisotopic (exact) mass is 370 g/mol. The Morgan fingerprint density at radius 1 is 1.07 bits per heavy atom. The molecule has 27 heavy (non-hydrogen) atoms. The van der Waals surface area contributed by atoms with Gasteiger partial charge < -0.3 is 24.8 Å². The van der Waals surface area contributed by atoms with E-state index < -0.39 is 30.4 Å². The Morgan fingerprint density at radius 2 is 1.81 bits per heavy atom. The van der Waals surface area contributed by atoms with Crippen LogP contribution in [0.25, 0.3) is 0 Å². The normalized spacial score (nSPS) is 12.8. The molecule has 3 rings (SSSR count). The standard InChI is InChI=1S/C19H18N2O6/c1-12(20-18(23)13-5-3-2-4-6-13)19(24)25-10-17(22)21-14-7-8-15-16(9-14)27-11-26-15/h2-9,12H,10-11H2,1H3,(H,20,23)(H,21,22)/t12-/m0/s1. The van der Waals surface area contributed by atoms with E-state index in [1.807, 2.05) is 0 Å². The van der Waals surface area contributed by atoms with Crippen molar-refractivity contribution in [2.45, 2.75) is 13.0 Å². The summed E-state index contributed by atoms with van der Waals surface area (Å²) in [7, 11) is 0. The van der Waals surface area contributed by atoms with Gasteiger partial charge in [-0.3, -0.25) is 9.59 Å². The van der Waals surface area contributed by atoms with E-state index in [0.717, 1.165) is 0 Å². The van der Waals surface area contributed by atoms with Gasteiger partial charge in [-0.2, -0.15) is 0 Å². The molecule has 1 aliphatic rings. The molecule has 0 aromatic heterocycles. The summed E-state index contributed by atoms with van der Waals surface area (Å²) in [5.74, 6) is -0.488. The number of benzene rings is 2. The van der Waals surface area contributed by atoms with Crippen molar-refractivity contribution in [3.05, 3.63) is 54.1 Å². The van der Waals surface area contributed by atoms with Crippen molar-refractivity contribution in [3.8, 4) is 11.5 Å². The molecule has 1 aliphatic heterocycles. The average Bonchev–Trinajstić information content (AvgIpc) is 3.14. The van der Waals surface area contributed by atoms with Gasteiger partial charge in [0.25, 0.3) is 11.8 Å². The summed E-state index contributed by atoms with van der Waals surface area (Å²) in [5.41, 5.74) is 0.920. The molecule has 0 aliphatic carbocycles. The highest BCUT2D eigenvalue weighted by Gasteiger charge is 2.19. The number of carbonyl (C=O) groups is 3. The lowest BCUT2D eigenvalue weighted by molar-refractivity contribution is -0.148. The van der Waals surface area contributed by atoms with E-state index in [2.05, 4.69) is 10.6 Å². The Morgan fingerprint density at radius 3 is 2.59 bits per heavy atom. The lowest BCUT2D eigenvalue weighted by Gasteiger charge is -2.13. The molecule has 2 N–H and O–H groups in total. The first-order valence-electron chi connectivity index (χ1n) is 8.25. The Balaban J connectivity index is 1.45. The second-order valence-electron chi connectivity index (χ2n) is 5.79. The van der Waals surface area contributed by atoms with Gasteiger partial charge in [-0.25, -0.2) is 4.79 Å². The summed E-state index contributed by atoms with van der Waals surface area (Å²) < 4.78 is 15.4. The Hall–Kier alpha value is -3.55.